The van der Waals surface area contributed by atoms with Crippen molar-refractivity contribution in [2.45, 2.75) is 64.8 Å². The lowest BCUT2D eigenvalue weighted by molar-refractivity contribution is -0.384. The molecule has 0 amide bonds. The van der Waals surface area contributed by atoms with Gasteiger partial charge in [0.1, 0.15) is 6.10 Å². The molecule has 0 aliphatic heterocycles. The molecule has 0 radical (unpaired) electrons. The molecule has 32 heavy (non-hydrogen) atoms. The van der Waals surface area contributed by atoms with Gasteiger partial charge in [0.15, 0.2) is 8.32 Å². The van der Waals surface area contributed by atoms with Crippen LogP contribution < -0.4 is 0 Å². The van der Waals surface area contributed by atoms with E-state index in [-0.39, 0.29) is 16.1 Å². The van der Waals surface area contributed by atoms with Gasteiger partial charge < -0.3 is 9.16 Å². The molecule has 3 rings (SSSR count). The molecule has 0 bridgehead atoms. The van der Waals surface area contributed by atoms with Crippen LogP contribution in [-0.2, 0) is 15.6 Å². The molecule has 0 saturated carbocycles. The van der Waals surface area contributed by atoms with Gasteiger partial charge in [0.2, 0.25) is 0 Å². The predicted octanol–water partition coefficient (Wildman–Crippen LogP) is 6.47. The number of carbonyl (C=O) groups excluding carboxylic acids is 1. The van der Waals surface area contributed by atoms with Crippen LogP contribution in [0.25, 0.3) is 0 Å². The Labute approximate surface area is 191 Å². The maximum absolute atomic E-state index is 13.0. The van der Waals surface area contributed by atoms with Gasteiger partial charge in [0, 0.05) is 24.2 Å². The summed E-state index contributed by atoms with van der Waals surface area (Å²) in [6.07, 6.45) is 1.29. The van der Waals surface area contributed by atoms with E-state index in [0.29, 0.717) is 12.2 Å². The molecule has 2 atom stereocenters. The van der Waals surface area contributed by atoms with Gasteiger partial charge in [-0.3, -0.25) is 10.1 Å². The smallest absolute Gasteiger partial charge is 0.338 e. The summed E-state index contributed by atoms with van der Waals surface area (Å²) in [4.78, 5) is 23.5. The van der Waals surface area contributed by atoms with Gasteiger partial charge in [0.05, 0.1) is 10.5 Å². The molecule has 0 heterocycles. The van der Waals surface area contributed by atoms with E-state index < -0.39 is 25.3 Å². The van der Waals surface area contributed by atoms with Crippen molar-refractivity contribution in [2.24, 2.45) is 5.41 Å². The molecular weight excluding hydrogens is 422 g/mol. The van der Waals surface area contributed by atoms with Crippen LogP contribution in [0.1, 0.15) is 61.7 Å². The third kappa shape index (κ3) is 4.94. The third-order valence-corrected chi connectivity index (χ3v) is 11.5. The first-order valence-corrected chi connectivity index (χ1v) is 13.9. The Bertz CT molecular complexity index is 996. The molecule has 2 aromatic rings. The highest BCUT2D eigenvalue weighted by atomic mass is 28.4. The van der Waals surface area contributed by atoms with Gasteiger partial charge >= 0.3 is 5.97 Å². The van der Waals surface area contributed by atoms with Crippen LogP contribution in [0.5, 0.6) is 0 Å². The number of hydrogen-bond acceptors (Lipinski definition) is 5. The van der Waals surface area contributed by atoms with Crippen molar-refractivity contribution in [3.8, 4) is 0 Å². The Kier molecular flexibility index (Phi) is 6.63. The van der Waals surface area contributed by atoms with Crippen LogP contribution in [-0.4, -0.2) is 25.8 Å². The largest absolute Gasteiger partial charge is 0.453 e. The molecular formula is C25H33NO5Si. The minimum absolute atomic E-state index is 0.0582. The van der Waals surface area contributed by atoms with Crippen molar-refractivity contribution < 1.29 is 18.9 Å². The molecule has 1 aliphatic carbocycles. The number of nitro benzene ring substituents is 1. The summed E-state index contributed by atoms with van der Waals surface area (Å²) in [5.74, 6) is -0.486. The van der Waals surface area contributed by atoms with Crippen LogP contribution in [0.15, 0.2) is 48.5 Å². The van der Waals surface area contributed by atoms with E-state index in [1.807, 2.05) is 18.2 Å². The minimum atomic E-state index is -1.98. The van der Waals surface area contributed by atoms with Crippen LogP contribution in [0.2, 0.25) is 18.1 Å². The van der Waals surface area contributed by atoms with Crippen LogP contribution in [0.4, 0.5) is 5.69 Å². The lowest BCUT2D eigenvalue weighted by Gasteiger charge is -2.45. The average molecular weight is 456 g/mol. The molecule has 0 spiro atoms. The number of non-ortho nitro benzene ring substituents is 1. The number of hydrogen-bond donors (Lipinski definition) is 0. The Balaban J connectivity index is 1.89. The normalized spacial score (nSPS) is 21.0. The SMILES string of the molecule is CC(C)(C)[Si](C)(C)OC[C@@]1(C)CCc2ccccc2[C@@H]1OC(=O)c1ccc([N+](=O)[O-])cc1. The molecule has 7 heteroatoms. The summed E-state index contributed by atoms with van der Waals surface area (Å²) in [7, 11) is -1.98. The summed E-state index contributed by atoms with van der Waals surface area (Å²) in [6, 6.07) is 13.6. The zero-order chi connectivity index (χ0) is 23.7. The van der Waals surface area contributed by atoms with E-state index in [2.05, 4.69) is 46.9 Å². The molecule has 6 nitrogen and oxygen atoms in total. The second-order valence-corrected chi connectivity index (χ2v) is 15.3. The van der Waals surface area contributed by atoms with Crippen LogP contribution in [0, 0.1) is 15.5 Å². The average Bonchev–Trinajstić information content (AvgIpc) is 2.74. The predicted molar refractivity (Wildman–Crippen MR) is 127 cm³/mol. The summed E-state index contributed by atoms with van der Waals surface area (Å²) >= 11 is 0. The number of carbonyl (C=O) groups is 1. The van der Waals surface area contributed by atoms with E-state index in [0.717, 1.165) is 18.4 Å². The quantitative estimate of drug-likeness (QED) is 0.216. The van der Waals surface area contributed by atoms with Gasteiger partial charge in [0.25, 0.3) is 5.69 Å². The third-order valence-electron chi connectivity index (χ3n) is 7.04. The fourth-order valence-corrected chi connectivity index (χ4v) is 4.88. The van der Waals surface area contributed by atoms with Crippen molar-refractivity contribution in [3.63, 3.8) is 0 Å². The Morgan fingerprint density at radius 3 is 2.38 bits per heavy atom. The lowest BCUT2D eigenvalue weighted by atomic mass is 9.71. The monoisotopic (exact) mass is 455 g/mol. The number of benzene rings is 2. The maximum atomic E-state index is 13.0. The van der Waals surface area contributed by atoms with Crippen LogP contribution in [0.3, 0.4) is 0 Å². The minimum Gasteiger partial charge on any atom is -0.453 e. The van der Waals surface area contributed by atoms with Gasteiger partial charge in [-0.25, -0.2) is 4.79 Å². The fraction of sp³-hybridized carbons (Fsp3) is 0.480. The molecule has 172 valence electrons. The lowest BCUT2D eigenvalue weighted by Crippen LogP contribution is -2.46. The number of nitro groups is 1. The topological polar surface area (TPSA) is 78.7 Å². The molecule has 0 saturated heterocycles. The van der Waals surface area contributed by atoms with Gasteiger partial charge in [-0.1, -0.05) is 52.0 Å². The highest BCUT2D eigenvalue weighted by molar-refractivity contribution is 6.74. The van der Waals surface area contributed by atoms with E-state index >= 15 is 0 Å². The zero-order valence-electron chi connectivity index (χ0n) is 19.8. The molecule has 0 aromatic heterocycles. The number of rotatable bonds is 6. The van der Waals surface area contributed by atoms with Crippen molar-refractivity contribution in [1.82, 2.24) is 0 Å². The fourth-order valence-electron chi connectivity index (χ4n) is 3.75. The summed E-state index contributed by atoms with van der Waals surface area (Å²) in [6.45, 7) is 13.7. The molecule has 0 N–H and O–H groups in total. The number of fused-ring (bicyclic) bond motifs is 1. The van der Waals surface area contributed by atoms with E-state index in [1.54, 1.807) is 0 Å². The summed E-state index contributed by atoms with van der Waals surface area (Å²) in [5.41, 5.74) is 2.05. The summed E-state index contributed by atoms with van der Waals surface area (Å²) < 4.78 is 12.7. The highest BCUT2D eigenvalue weighted by Gasteiger charge is 2.45. The second kappa shape index (κ2) is 8.79. The van der Waals surface area contributed by atoms with Crippen molar-refractivity contribution in [3.05, 3.63) is 75.3 Å². The Hall–Kier alpha value is -2.51. The van der Waals surface area contributed by atoms with Crippen molar-refractivity contribution in [1.29, 1.82) is 0 Å². The Morgan fingerprint density at radius 2 is 1.78 bits per heavy atom. The standard InChI is InChI=1S/C25H33NO5Si/c1-24(2,3)32(5,6)30-17-25(4)16-15-18-9-7-8-10-21(18)22(25)31-23(27)19-11-13-20(14-12-19)26(28)29/h7-14,22H,15-17H2,1-6H3/t22-,25+/m0/s1. The zero-order valence-corrected chi connectivity index (χ0v) is 20.8. The first-order chi connectivity index (χ1) is 14.8. The molecule has 0 unspecified atom stereocenters. The first kappa shape index (κ1) is 24.1. The maximum Gasteiger partial charge on any atom is 0.338 e. The van der Waals surface area contributed by atoms with E-state index in [9.17, 15) is 14.9 Å². The van der Waals surface area contributed by atoms with Gasteiger partial charge in [-0.2, -0.15) is 0 Å². The number of nitrogens with zero attached hydrogens (tertiary/aromatic N) is 1. The molecule has 0 fully saturated rings. The Morgan fingerprint density at radius 1 is 1.16 bits per heavy atom. The first-order valence-electron chi connectivity index (χ1n) is 11.0. The van der Waals surface area contributed by atoms with E-state index in [1.165, 1.54) is 29.8 Å². The molecule has 1 aliphatic rings. The second-order valence-electron chi connectivity index (χ2n) is 10.5. The van der Waals surface area contributed by atoms with Crippen molar-refractivity contribution in [2.75, 3.05) is 6.61 Å². The van der Waals surface area contributed by atoms with Gasteiger partial charge in [-0.05, 0) is 54.2 Å². The van der Waals surface area contributed by atoms with Crippen molar-refractivity contribution >= 4 is 20.0 Å². The van der Waals surface area contributed by atoms with Gasteiger partial charge in [-0.15, -0.1) is 0 Å². The van der Waals surface area contributed by atoms with Crippen LogP contribution >= 0.6 is 0 Å². The molecule has 2 aromatic carbocycles. The highest BCUT2D eigenvalue weighted by Crippen LogP contribution is 2.48. The number of aryl methyl sites for hydroxylation is 1. The summed E-state index contributed by atoms with van der Waals surface area (Å²) in [5, 5.41) is 11.0. The number of esters is 1. The number of ether oxygens (including phenoxy) is 1. The van der Waals surface area contributed by atoms with E-state index in [4.69, 9.17) is 9.16 Å².